The first kappa shape index (κ1) is 9.39. The van der Waals surface area contributed by atoms with Gasteiger partial charge in [0.2, 0.25) is 0 Å². The number of carbonyl (C=O) groups is 1. The molecule has 76 valence electrons. The Kier molecular flexibility index (Phi) is 2.45. The Balaban J connectivity index is 2.11. The molecule has 0 saturated heterocycles. The fraction of sp³-hybridized carbons (Fsp3) is 0.100. The van der Waals surface area contributed by atoms with Crippen molar-refractivity contribution in [3.05, 3.63) is 42.2 Å². The van der Waals surface area contributed by atoms with Crippen molar-refractivity contribution in [2.24, 2.45) is 0 Å². The molecule has 15 heavy (non-hydrogen) atoms. The standard InChI is InChI=1S/C10H10N4O/c1-7-12-6-9(13-7)10(15)14-8-3-2-4-11-5-8/h2-6H,1H3,(H,12,13)(H,14,15). The van der Waals surface area contributed by atoms with Crippen molar-refractivity contribution >= 4 is 11.6 Å². The van der Waals surface area contributed by atoms with Crippen molar-refractivity contribution < 1.29 is 4.79 Å². The number of amides is 1. The zero-order chi connectivity index (χ0) is 10.7. The van der Waals surface area contributed by atoms with Gasteiger partial charge >= 0.3 is 0 Å². The number of aryl methyl sites for hydroxylation is 1. The summed E-state index contributed by atoms with van der Waals surface area (Å²) in [6.45, 7) is 1.79. The summed E-state index contributed by atoms with van der Waals surface area (Å²) in [5.41, 5.74) is 1.03. The quantitative estimate of drug-likeness (QED) is 0.772. The number of pyridine rings is 1. The fourth-order valence-electron chi connectivity index (χ4n) is 1.17. The predicted octanol–water partition coefficient (Wildman–Crippen LogP) is 1.37. The van der Waals surface area contributed by atoms with Crippen LogP contribution in [0.4, 0.5) is 5.69 Å². The number of imidazole rings is 1. The molecular formula is C10H10N4O. The van der Waals surface area contributed by atoms with Crippen LogP contribution in [-0.2, 0) is 0 Å². The van der Waals surface area contributed by atoms with Gasteiger partial charge in [-0.1, -0.05) is 0 Å². The minimum Gasteiger partial charge on any atom is -0.348 e. The van der Waals surface area contributed by atoms with Crippen LogP contribution in [0.25, 0.3) is 0 Å². The van der Waals surface area contributed by atoms with E-state index in [1.54, 1.807) is 37.6 Å². The smallest absolute Gasteiger partial charge is 0.275 e. The summed E-state index contributed by atoms with van der Waals surface area (Å²) < 4.78 is 0. The van der Waals surface area contributed by atoms with Crippen molar-refractivity contribution in [3.8, 4) is 0 Å². The lowest BCUT2D eigenvalue weighted by molar-refractivity contribution is 0.102. The summed E-state index contributed by atoms with van der Waals surface area (Å²) in [5, 5.41) is 2.69. The number of nitrogens with one attached hydrogen (secondary N) is 2. The molecule has 0 aliphatic heterocycles. The maximum Gasteiger partial charge on any atom is 0.275 e. The normalized spacial score (nSPS) is 9.93. The highest BCUT2D eigenvalue weighted by molar-refractivity contribution is 6.02. The van der Waals surface area contributed by atoms with E-state index in [1.807, 2.05) is 0 Å². The lowest BCUT2D eigenvalue weighted by atomic mass is 10.4. The van der Waals surface area contributed by atoms with Gasteiger partial charge in [-0.3, -0.25) is 9.78 Å². The topological polar surface area (TPSA) is 70.7 Å². The van der Waals surface area contributed by atoms with Gasteiger partial charge in [0, 0.05) is 12.4 Å². The zero-order valence-electron chi connectivity index (χ0n) is 8.19. The number of carbonyl (C=O) groups excluding carboxylic acids is 1. The molecule has 0 fully saturated rings. The second-order valence-electron chi connectivity index (χ2n) is 3.07. The molecule has 2 aromatic heterocycles. The van der Waals surface area contributed by atoms with E-state index in [2.05, 4.69) is 20.3 Å². The van der Waals surface area contributed by atoms with Gasteiger partial charge in [0.05, 0.1) is 11.9 Å². The number of aromatic nitrogens is 3. The first-order chi connectivity index (χ1) is 7.25. The summed E-state index contributed by atoms with van der Waals surface area (Å²) in [6, 6.07) is 3.52. The lowest BCUT2D eigenvalue weighted by Gasteiger charge is -2.00. The molecule has 1 amide bonds. The largest absolute Gasteiger partial charge is 0.348 e. The molecule has 2 N–H and O–H groups in total. The summed E-state index contributed by atoms with van der Waals surface area (Å²) in [4.78, 5) is 22.4. The van der Waals surface area contributed by atoms with Crippen LogP contribution in [0, 0.1) is 6.92 Å². The molecule has 2 aromatic rings. The molecule has 2 rings (SSSR count). The van der Waals surface area contributed by atoms with E-state index in [9.17, 15) is 4.79 Å². The van der Waals surface area contributed by atoms with E-state index in [1.165, 1.54) is 0 Å². The van der Waals surface area contributed by atoms with Crippen molar-refractivity contribution in [3.63, 3.8) is 0 Å². The molecule has 5 heteroatoms. The van der Waals surface area contributed by atoms with Gasteiger partial charge < -0.3 is 10.3 Å². The van der Waals surface area contributed by atoms with E-state index in [-0.39, 0.29) is 5.91 Å². The van der Waals surface area contributed by atoms with Gasteiger partial charge in [-0.15, -0.1) is 0 Å². The Hall–Kier alpha value is -2.17. The summed E-state index contributed by atoms with van der Waals surface area (Å²) >= 11 is 0. The third kappa shape index (κ3) is 2.19. The molecule has 0 saturated carbocycles. The van der Waals surface area contributed by atoms with Crippen molar-refractivity contribution in [2.75, 3.05) is 5.32 Å². The summed E-state index contributed by atoms with van der Waals surface area (Å²) in [7, 11) is 0. The second kappa shape index (κ2) is 3.91. The molecular weight excluding hydrogens is 192 g/mol. The molecule has 0 aliphatic carbocycles. The SMILES string of the molecule is Cc1nc(C(=O)Nc2cccnc2)c[nH]1. The Labute approximate surface area is 86.6 Å². The van der Waals surface area contributed by atoms with Crippen LogP contribution in [0.15, 0.2) is 30.7 Å². The van der Waals surface area contributed by atoms with Crippen molar-refractivity contribution in [1.82, 2.24) is 15.0 Å². The van der Waals surface area contributed by atoms with Gasteiger partial charge in [-0.25, -0.2) is 4.98 Å². The Morgan fingerprint density at radius 2 is 2.40 bits per heavy atom. The summed E-state index contributed by atoms with van der Waals surface area (Å²) in [5.74, 6) is 0.471. The highest BCUT2D eigenvalue weighted by Gasteiger charge is 2.08. The molecule has 2 heterocycles. The van der Waals surface area contributed by atoms with Crippen LogP contribution >= 0.6 is 0 Å². The minimum atomic E-state index is -0.243. The predicted molar refractivity (Wildman–Crippen MR) is 55.5 cm³/mol. The van der Waals surface area contributed by atoms with Crippen LogP contribution in [-0.4, -0.2) is 20.9 Å². The van der Waals surface area contributed by atoms with Crippen LogP contribution in [0.3, 0.4) is 0 Å². The van der Waals surface area contributed by atoms with E-state index >= 15 is 0 Å². The zero-order valence-corrected chi connectivity index (χ0v) is 8.19. The molecule has 0 radical (unpaired) electrons. The van der Waals surface area contributed by atoms with Crippen LogP contribution in [0.5, 0.6) is 0 Å². The fourth-order valence-corrected chi connectivity index (χ4v) is 1.17. The van der Waals surface area contributed by atoms with Crippen molar-refractivity contribution in [1.29, 1.82) is 0 Å². The maximum absolute atomic E-state index is 11.6. The minimum absolute atomic E-state index is 0.243. The van der Waals surface area contributed by atoms with E-state index in [0.29, 0.717) is 17.2 Å². The second-order valence-corrected chi connectivity index (χ2v) is 3.07. The van der Waals surface area contributed by atoms with Gasteiger partial charge in [0.15, 0.2) is 0 Å². The third-order valence-electron chi connectivity index (χ3n) is 1.86. The molecule has 5 nitrogen and oxygen atoms in total. The van der Waals surface area contributed by atoms with Gasteiger partial charge in [-0.05, 0) is 19.1 Å². The molecule has 0 aromatic carbocycles. The van der Waals surface area contributed by atoms with Crippen molar-refractivity contribution in [2.45, 2.75) is 6.92 Å². The average Bonchev–Trinajstić information content (AvgIpc) is 2.66. The Morgan fingerprint density at radius 3 is 3.00 bits per heavy atom. The van der Waals surface area contributed by atoms with Crippen LogP contribution < -0.4 is 5.32 Å². The van der Waals surface area contributed by atoms with Gasteiger partial charge in [-0.2, -0.15) is 0 Å². The number of rotatable bonds is 2. The van der Waals surface area contributed by atoms with Gasteiger partial charge in [0.25, 0.3) is 5.91 Å². The number of hydrogen-bond donors (Lipinski definition) is 2. The number of hydrogen-bond acceptors (Lipinski definition) is 3. The highest BCUT2D eigenvalue weighted by atomic mass is 16.1. The number of nitrogens with zero attached hydrogens (tertiary/aromatic N) is 2. The molecule has 0 spiro atoms. The monoisotopic (exact) mass is 202 g/mol. The van der Waals surface area contributed by atoms with E-state index in [0.717, 1.165) is 0 Å². The number of H-pyrrole nitrogens is 1. The van der Waals surface area contributed by atoms with Crippen LogP contribution in [0.1, 0.15) is 16.3 Å². The molecule has 0 bridgehead atoms. The maximum atomic E-state index is 11.6. The number of aromatic amines is 1. The first-order valence-electron chi connectivity index (χ1n) is 4.49. The third-order valence-corrected chi connectivity index (χ3v) is 1.86. The summed E-state index contributed by atoms with van der Waals surface area (Å²) in [6.07, 6.45) is 4.80. The molecule has 0 atom stereocenters. The molecule has 0 unspecified atom stereocenters. The average molecular weight is 202 g/mol. The van der Waals surface area contributed by atoms with E-state index in [4.69, 9.17) is 0 Å². The number of anilines is 1. The Bertz CT molecular complexity index is 463. The highest BCUT2D eigenvalue weighted by Crippen LogP contribution is 2.05. The van der Waals surface area contributed by atoms with Crippen LogP contribution in [0.2, 0.25) is 0 Å². The van der Waals surface area contributed by atoms with Gasteiger partial charge in [0.1, 0.15) is 11.5 Å². The Morgan fingerprint density at radius 1 is 1.53 bits per heavy atom. The molecule has 0 aliphatic rings. The van der Waals surface area contributed by atoms with E-state index < -0.39 is 0 Å². The first-order valence-corrected chi connectivity index (χ1v) is 4.49. The lowest BCUT2D eigenvalue weighted by Crippen LogP contribution is -2.12.